The van der Waals surface area contributed by atoms with Crippen LogP contribution in [0.25, 0.3) is 0 Å². The van der Waals surface area contributed by atoms with E-state index in [-0.39, 0.29) is 16.9 Å². The zero-order chi connectivity index (χ0) is 12.7. The molecule has 0 bridgehead atoms. The third kappa shape index (κ3) is 1.67. The van der Waals surface area contributed by atoms with E-state index >= 15 is 0 Å². The zero-order valence-corrected chi connectivity index (χ0v) is 8.65. The van der Waals surface area contributed by atoms with E-state index in [1.807, 2.05) is 0 Å². The predicted molar refractivity (Wildman–Crippen MR) is 51.0 cm³/mol. The van der Waals surface area contributed by atoms with Crippen LogP contribution in [-0.4, -0.2) is 19.6 Å². The molecule has 1 aromatic rings. The van der Waals surface area contributed by atoms with Gasteiger partial charge in [-0.25, -0.2) is 0 Å². The van der Waals surface area contributed by atoms with Crippen molar-refractivity contribution in [3.8, 4) is 5.75 Å². The van der Waals surface area contributed by atoms with Crippen molar-refractivity contribution >= 4 is 6.29 Å². The van der Waals surface area contributed by atoms with Crippen molar-refractivity contribution in [3.05, 3.63) is 29.3 Å². The molecule has 4 nitrogen and oxygen atoms in total. The number of rotatable bonds is 3. The molecule has 1 heterocycles. The minimum Gasteiger partial charge on any atom is -0.497 e. The van der Waals surface area contributed by atoms with Gasteiger partial charge in [-0.3, -0.25) is 4.79 Å². The lowest BCUT2D eigenvalue weighted by Gasteiger charge is -2.17. The SMILES string of the molecule is COc1ccc(C=O)c(C2(C(F)(F)F)N=N2)c1. The average Bonchev–Trinajstić information content (AvgIpc) is 3.08. The van der Waals surface area contributed by atoms with Gasteiger partial charge in [0.1, 0.15) is 5.75 Å². The van der Waals surface area contributed by atoms with Crippen LogP contribution < -0.4 is 4.74 Å². The molecule has 0 unspecified atom stereocenters. The van der Waals surface area contributed by atoms with Gasteiger partial charge in [-0.2, -0.15) is 13.2 Å². The van der Waals surface area contributed by atoms with Crippen LogP contribution >= 0.6 is 0 Å². The van der Waals surface area contributed by atoms with Crippen LogP contribution in [0.1, 0.15) is 15.9 Å². The molecule has 0 radical (unpaired) electrons. The lowest BCUT2D eigenvalue weighted by atomic mass is 9.97. The first-order chi connectivity index (χ1) is 7.94. The van der Waals surface area contributed by atoms with E-state index in [1.54, 1.807) is 0 Å². The summed E-state index contributed by atoms with van der Waals surface area (Å²) in [5, 5.41) is 6.09. The fourth-order valence-electron chi connectivity index (χ4n) is 1.49. The number of aldehydes is 1. The summed E-state index contributed by atoms with van der Waals surface area (Å²) in [6, 6.07) is 3.77. The third-order valence-corrected chi connectivity index (χ3v) is 2.46. The van der Waals surface area contributed by atoms with Gasteiger partial charge in [0.2, 0.25) is 0 Å². The van der Waals surface area contributed by atoms with E-state index in [4.69, 9.17) is 4.74 Å². The van der Waals surface area contributed by atoms with Gasteiger partial charge < -0.3 is 4.74 Å². The van der Waals surface area contributed by atoms with Crippen LogP contribution in [0.5, 0.6) is 5.75 Å². The summed E-state index contributed by atoms with van der Waals surface area (Å²) in [6.07, 6.45) is -4.32. The molecule has 1 aliphatic heterocycles. The highest BCUT2D eigenvalue weighted by Crippen LogP contribution is 2.53. The Morgan fingerprint density at radius 2 is 2.00 bits per heavy atom. The fraction of sp³-hybridized carbons (Fsp3) is 0.300. The molecule has 90 valence electrons. The Hall–Kier alpha value is -1.92. The fourth-order valence-corrected chi connectivity index (χ4v) is 1.49. The third-order valence-electron chi connectivity index (χ3n) is 2.46. The second kappa shape index (κ2) is 3.54. The van der Waals surface area contributed by atoms with Gasteiger partial charge in [0.25, 0.3) is 0 Å². The Balaban J connectivity index is 2.54. The Kier molecular flexibility index (Phi) is 2.41. The van der Waals surface area contributed by atoms with E-state index in [0.717, 1.165) is 6.07 Å². The van der Waals surface area contributed by atoms with Crippen LogP contribution in [0.3, 0.4) is 0 Å². The minimum absolute atomic E-state index is 0.104. The van der Waals surface area contributed by atoms with E-state index in [0.29, 0.717) is 6.29 Å². The van der Waals surface area contributed by atoms with Crippen molar-refractivity contribution in [2.75, 3.05) is 7.11 Å². The average molecular weight is 244 g/mol. The highest BCUT2D eigenvalue weighted by Gasteiger charge is 2.66. The Morgan fingerprint density at radius 3 is 2.41 bits per heavy atom. The molecule has 0 saturated heterocycles. The van der Waals surface area contributed by atoms with Crippen LogP contribution in [0.15, 0.2) is 28.4 Å². The molecule has 0 fully saturated rings. The molecule has 0 aliphatic carbocycles. The Labute approximate surface area is 94.1 Å². The molecule has 0 spiro atoms. The maximum Gasteiger partial charge on any atom is 0.442 e. The van der Waals surface area contributed by atoms with Crippen molar-refractivity contribution in [1.29, 1.82) is 0 Å². The van der Waals surface area contributed by atoms with Gasteiger partial charge in [0.15, 0.2) is 6.29 Å². The van der Waals surface area contributed by atoms with E-state index < -0.39 is 11.8 Å². The van der Waals surface area contributed by atoms with Gasteiger partial charge in [-0.15, -0.1) is 10.2 Å². The number of benzene rings is 1. The van der Waals surface area contributed by atoms with Crippen LogP contribution in [0, 0.1) is 0 Å². The Bertz CT molecular complexity index is 491. The normalized spacial score (nSPS) is 16.7. The molecule has 0 atom stereocenters. The number of alkyl halides is 3. The highest BCUT2D eigenvalue weighted by atomic mass is 19.4. The van der Waals surface area contributed by atoms with Crippen molar-refractivity contribution in [3.63, 3.8) is 0 Å². The number of methoxy groups -OCH3 is 1. The number of carbonyl (C=O) groups excluding carboxylic acids is 1. The van der Waals surface area contributed by atoms with E-state index in [9.17, 15) is 18.0 Å². The van der Waals surface area contributed by atoms with Crippen LogP contribution in [0.2, 0.25) is 0 Å². The lowest BCUT2D eigenvalue weighted by molar-refractivity contribution is -0.166. The first kappa shape index (κ1) is 11.6. The quantitative estimate of drug-likeness (QED) is 0.767. The van der Waals surface area contributed by atoms with E-state index in [2.05, 4.69) is 10.2 Å². The number of nitrogens with zero attached hydrogens (tertiary/aromatic N) is 2. The number of hydrogen-bond acceptors (Lipinski definition) is 4. The molecule has 0 aromatic heterocycles. The van der Waals surface area contributed by atoms with E-state index in [1.165, 1.54) is 19.2 Å². The molecule has 17 heavy (non-hydrogen) atoms. The minimum atomic E-state index is -4.66. The second-order valence-electron chi connectivity index (χ2n) is 3.44. The summed E-state index contributed by atoms with van der Waals surface area (Å²) >= 11 is 0. The molecule has 1 aliphatic rings. The van der Waals surface area contributed by atoms with Gasteiger partial charge in [0.05, 0.1) is 7.11 Å². The second-order valence-corrected chi connectivity index (χ2v) is 3.44. The highest BCUT2D eigenvalue weighted by molar-refractivity contribution is 5.79. The summed E-state index contributed by atoms with van der Waals surface area (Å²) in [7, 11) is 1.32. The molecule has 2 rings (SSSR count). The van der Waals surface area contributed by atoms with Gasteiger partial charge in [-0.1, -0.05) is 0 Å². The van der Waals surface area contributed by atoms with Gasteiger partial charge >= 0.3 is 11.8 Å². The maximum absolute atomic E-state index is 12.8. The Morgan fingerprint density at radius 1 is 1.35 bits per heavy atom. The summed E-state index contributed by atoms with van der Waals surface area (Å²) in [5.41, 5.74) is -3.01. The van der Waals surface area contributed by atoms with Gasteiger partial charge in [-0.05, 0) is 18.2 Å². The molecule has 0 N–H and O–H groups in total. The summed E-state index contributed by atoms with van der Waals surface area (Å²) in [6.45, 7) is 0. The molecule has 0 saturated carbocycles. The molecule has 7 heteroatoms. The molecular weight excluding hydrogens is 237 g/mol. The summed E-state index contributed by atoms with van der Waals surface area (Å²) in [4.78, 5) is 10.7. The van der Waals surface area contributed by atoms with Gasteiger partial charge in [0, 0.05) is 11.1 Å². The molecule has 1 aromatic carbocycles. The van der Waals surface area contributed by atoms with Crippen molar-refractivity contribution < 1.29 is 22.7 Å². The first-order valence-corrected chi connectivity index (χ1v) is 4.59. The van der Waals surface area contributed by atoms with Crippen LogP contribution in [0.4, 0.5) is 13.2 Å². The molecular formula is C10H7F3N2O2. The lowest BCUT2D eigenvalue weighted by Crippen LogP contribution is -2.31. The summed E-state index contributed by atoms with van der Waals surface area (Å²) in [5.74, 6) is 0.214. The van der Waals surface area contributed by atoms with Crippen molar-refractivity contribution in [1.82, 2.24) is 0 Å². The number of ether oxygens (including phenoxy) is 1. The monoisotopic (exact) mass is 244 g/mol. The standard InChI is InChI=1S/C10H7F3N2O2/c1-17-7-3-2-6(5-16)8(4-7)9(14-15-9)10(11,12)13/h2-5H,1H3. The number of halogens is 3. The number of carbonyl (C=O) groups is 1. The smallest absolute Gasteiger partial charge is 0.442 e. The first-order valence-electron chi connectivity index (χ1n) is 4.59. The molecule has 0 amide bonds. The largest absolute Gasteiger partial charge is 0.497 e. The van der Waals surface area contributed by atoms with Crippen LogP contribution in [-0.2, 0) is 5.66 Å². The van der Waals surface area contributed by atoms with Crippen molar-refractivity contribution in [2.45, 2.75) is 11.8 Å². The summed E-state index contributed by atoms with van der Waals surface area (Å²) < 4.78 is 43.2. The zero-order valence-electron chi connectivity index (χ0n) is 8.65. The predicted octanol–water partition coefficient (Wildman–Crippen LogP) is 2.69. The maximum atomic E-state index is 12.8. The number of hydrogen-bond donors (Lipinski definition) is 0. The topological polar surface area (TPSA) is 51.0 Å². The van der Waals surface area contributed by atoms with Crippen molar-refractivity contribution in [2.24, 2.45) is 10.2 Å².